The van der Waals surface area contributed by atoms with Crippen LogP contribution in [0.25, 0.3) is 10.6 Å². The summed E-state index contributed by atoms with van der Waals surface area (Å²) in [7, 11) is 0. The molecule has 1 heterocycles. The lowest BCUT2D eigenvalue weighted by molar-refractivity contribution is -0.115. The number of carbonyl (C=O) groups is 2. The Kier molecular flexibility index (Phi) is 6.18. The molecule has 0 saturated heterocycles. The highest BCUT2D eigenvalue weighted by atomic mass is 32.1. The third kappa shape index (κ3) is 4.75. The van der Waals surface area contributed by atoms with Crippen LogP contribution >= 0.6 is 11.3 Å². The van der Waals surface area contributed by atoms with Crippen LogP contribution in [0.4, 0.5) is 14.5 Å². The third-order valence-electron chi connectivity index (χ3n) is 3.91. The van der Waals surface area contributed by atoms with Crippen molar-refractivity contribution in [3.05, 3.63) is 64.7 Å². The largest absolute Gasteiger partial charge is 0.493 e. The Bertz CT molecular complexity index is 1070. The molecule has 6 nitrogen and oxygen atoms in total. The van der Waals surface area contributed by atoms with E-state index in [4.69, 9.17) is 10.5 Å². The summed E-state index contributed by atoms with van der Waals surface area (Å²) in [5.41, 5.74) is 5.49. The van der Waals surface area contributed by atoms with Crippen molar-refractivity contribution in [2.75, 3.05) is 11.9 Å². The molecule has 0 aliphatic carbocycles. The fourth-order valence-corrected chi connectivity index (χ4v) is 3.48. The van der Waals surface area contributed by atoms with Crippen LogP contribution in [0.5, 0.6) is 5.75 Å². The molecule has 0 radical (unpaired) electrons. The zero-order valence-corrected chi connectivity index (χ0v) is 16.2. The monoisotopic (exact) mass is 417 g/mol. The molecule has 9 heteroatoms. The van der Waals surface area contributed by atoms with E-state index in [9.17, 15) is 18.4 Å². The van der Waals surface area contributed by atoms with E-state index < -0.39 is 29.0 Å². The number of nitrogens with zero attached hydrogens (tertiary/aromatic N) is 1. The number of rotatable bonds is 7. The summed E-state index contributed by atoms with van der Waals surface area (Å²) in [4.78, 5) is 27.9. The van der Waals surface area contributed by atoms with E-state index in [0.29, 0.717) is 29.1 Å². The Hall–Kier alpha value is -3.33. The first-order chi connectivity index (χ1) is 13.9. The molecule has 3 aromatic rings. The van der Waals surface area contributed by atoms with E-state index in [1.54, 1.807) is 5.38 Å². The molecule has 0 atom stereocenters. The van der Waals surface area contributed by atoms with Crippen LogP contribution in [0.15, 0.2) is 41.8 Å². The molecule has 0 aliphatic rings. The first-order valence-corrected chi connectivity index (χ1v) is 9.52. The maximum Gasteiger partial charge on any atom is 0.251 e. The van der Waals surface area contributed by atoms with Crippen molar-refractivity contribution in [2.24, 2.45) is 5.73 Å². The van der Waals surface area contributed by atoms with Crippen molar-refractivity contribution in [2.45, 2.75) is 13.3 Å². The van der Waals surface area contributed by atoms with Crippen molar-refractivity contribution in [1.82, 2.24) is 4.98 Å². The van der Waals surface area contributed by atoms with Crippen LogP contribution < -0.4 is 15.8 Å². The number of nitrogens with two attached hydrogens (primary N) is 1. The fourth-order valence-electron chi connectivity index (χ4n) is 2.63. The minimum absolute atomic E-state index is 0.129. The molecule has 0 unspecified atom stereocenters. The zero-order chi connectivity index (χ0) is 21.0. The van der Waals surface area contributed by atoms with Gasteiger partial charge in [0.15, 0.2) is 0 Å². The van der Waals surface area contributed by atoms with E-state index in [0.717, 1.165) is 11.6 Å². The molecule has 29 heavy (non-hydrogen) atoms. The number of primary amides is 1. The van der Waals surface area contributed by atoms with Gasteiger partial charge in [0.05, 0.1) is 35.5 Å². The van der Waals surface area contributed by atoms with E-state index >= 15 is 0 Å². The van der Waals surface area contributed by atoms with Gasteiger partial charge in [-0.05, 0) is 25.1 Å². The predicted molar refractivity (Wildman–Crippen MR) is 106 cm³/mol. The summed E-state index contributed by atoms with van der Waals surface area (Å²) in [5, 5.41) is 4.71. The van der Waals surface area contributed by atoms with Crippen molar-refractivity contribution >= 4 is 28.8 Å². The van der Waals surface area contributed by atoms with Gasteiger partial charge in [-0.25, -0.2) is 13.8 Å². The molecule has 0 bridgehead atoms. The summed E-state index contributed by atoms with van der Waals surface area (Å²) >= 11 is 1.35. The average Bonchev–Trinajstić information content (AvgIpc) is 3.12. The van der Waals surface area contributed by atoms with E-state index in [2.05, 4.69) is 10.3 Å². The Balaban J connectivity index is 1.75. The number of thiazole rings is 1. The third-order valence-corrected chi connectivity index (χ3v) is 4.83. The van der Waals surface area contributed by atoms with Crippen LogP contribution in [0.1, 0.15) is 23.0 Å². The molecular formula is C20H17F2N3O3S. The smallest absolute Gasteiger partial charge is 0.251 e. The van der Waals surface area contributed by atoms with Crippen molar-refractivity contribution in [3.8, 4) is 16.3 Å². The van der Waals surface area contributed by atoms with Crippen molar-refractivity contribution in [3.63, 3.8) is 0 Å². The van der Waals surface area contributed by atoms with Crippen molar-refractivity contribution in [1.29, 1.82) is 0 Å². The molecule has 1 aromatic heterocycles. The van der Waals surface area contributed by atoms with Gasteiger partial charge in [0.1, 0.15) is 22.4 Å². The van der Waals surface area contributed by atoms with E-state index in [1.807, 2.05) is 31.2 Å². The fraction of sp³-hybridized carbons (Fsp3) is 0.150. The number of hydrogen-bond donors (Lipinski definition) is 2. The van der Waals surface area contributed by atoms with Gasteiger partial charge in [0.2, 0.25) is 5.91 Å². The Morgan fingerprint density at radius 3 is 2.69 bits per heavy atom. The van der Waals surface area contributed by atoms with Gasteiger partial charge >= 0.3 is 0 Å². The minimum atomic E-state index is -1.09. The number of halogens is 2. The van der Waals surface area contributed by atoms with Gasteiger partial charge in [-0.15, -0.1) is 11.3 Å². The SMILES string of the molecule is CCOc1ccccc1-c1nc(CC(=O)Nc2cc(C(N)=O)c(F)cc2F)cs1. The normalized spacial score (nSPS) is 10.6. The molecule has 3 N–H and O–H groups in total. The molecule has 0 saturated carbocycles. The van der Waals surface area contributed by atoms with Gasteiger partial charge < -0.3 is 15.8 Å². The number of ether oxygens (including phenoxy) is 1. The Labute approximate surface area is 169 Å². The molecule has 150 valence electrons. The van der Waals surface area contributed by atoms with Crippen molar-refractivity contribution < 1.29 is 23.1 Å². The molecule has 0 spiro atoms. The topological polar surface area (TPSA) is 94.3 Å². The number of aromatic nitrogens is 1. The van der Waals surface area contributed by atoms with Gasteiger partial charge in [-0.2, -0.15) is 0 Å². The summed E-state index contributed by atoms with van der Waals surface area (Å²) in [5.74, 6) is -3.04. The van der Waals surface area contributed by atoms with Gasteiger partial charge in [0.25, 0.3) is 5.91 Å². The maximum absolute atomic E-state index is 13.9. The predicted octanol–water partition coefficient (Wildman–Crippen LogP) is 3.77. The Morgan fingerprint density at radius 1 is 1.21 bits per heavy atom. The zero-order valence-electron chi connectivity index (χ0n) is 15.4. The Morgan fingerprint density at radius 2 is 1.97 bits per heavy atom. The number of amides is 2. The first-order valence-electron chi connectivity index (χ1n) is 8.64. The maximum atomic E-state index is 13.9. The second kappa shape index (κ2) is 8.78. The molecular weight excluding hydrogens is 400 g/mol. The van der Waals surface area contributed by atoms with E-state index in [-0.39, 0.29) is 12.1 Å². The lowest BCUT2D eigenvalue weighted by Gasteiger charge is -2.08. The van der Waals surface area contributed by atoms with Crippen LogP contribution in [-0.4, -0.2) is 23.4 Å². The highest BCUT2D eigenvalue weighted by molar-refractivity contribution is 7.13. The number of hydrogen-bond acceptors (Lipinski definition) is 5. The highest BCUT2D eigenvalue weighted by Gasteiger charge is 2.17. The number of carbonyl (C=O) groups excluding carboxylic acids is 2. The molecule has 2 aromatic carbocycles. The number of benzene rings is 2. The number of nitrogens with one attached hydrogen (secondary N) is 1. The van der Waals surface area contributed by atoms with Gasteiger partial charge in [-0.3, -0.25) is 9.59 Å². The molecule has 2 amide bonds. The summed E-state index contributed by atoms with van der Waals surface area (Å²) in [6.45, 7) is 2.39. The van der Waals surface area contributed by atoms with E-state index in [1.165, 1.54) is 11.3 Å². The molecule has 0 aliphatic heterocycles. The van der Waals surface area contributed by atoms with Crippen LogP contribution in [0.3, 0.4) is 0 Å². The lowest BCUT2D eigenvalue weighted by atomic mass is 10.1. The first kappa shape index (κ1) is 20.4. The number of anilines is 1. The average molecular weight is 417 g/mol. The summed E-state index contributed by atoms with van der Waals surface area (Å²) in [6.07, 6.45) is -0.129. The number of para-hydroxylation sites is 1. The molecule has 0 fully saturated rings. The highest BCUT2D eigenvalue weighted by Crippen LogP contribution is 2.32. The minimum Gasteiger partial charge on any atom is -0.493 e. The summed E-state index contributed by atoms with van der Waals surface area (Å²) in [6, 6.07) is 8.79. The van der Waals surface area contributed by atoms with Gasteiger partial charge in [0, 0.05) is 11.4 Å². The summed E-state index contributed by atoms with van der Waals surface area (Å²) < 4.78 is 33.0. The van der Waals surface area contributed by atoms with Crippen LogP contribution in [0, 0.1) is 11.6 Å². The van der Waals surface area contributed by atoms with Crippen LogP contribution in [-0.2, 0) is 11.2 Å². The lowest BCUT2D eigenvalue weighted by Crippen LogP contribution is -2.18. The van der Waals surface area contributed by atoms with Gasteiger partial charge in [-0.1, -0.05) is 12.1 Å². The van der Waals surface area contributed by atoms with Crippen LogP contribution in [0.2, 0.25) is 0 Å². The second-order valence-electron chi connectivity index (χ2n) is 5.97. The molecule has 3 rings (SSSR count). The quantitative estimate of drug-likeness (QED) is 0.612. The second-order valence-corrected chi connectivity index (χ2v) is 6.83. The standard InChI is InChI=1S/C20H17F2N3O3S/c1-2-28-17-6-4-3-5-12(17)20-24-11(10-29-20)7-18(26)25-16-8-13(19(23)27)14(21)9-15(16)22/h3-6,8-10H,2,7H2,1H3,(H2,23,27)(H,25,26).